The summed E-state index contributed by atoms with van der Waals surface area (Å²) in [6.45, 7) is 3.78. The molecule has 3 N–H and O–H groups in total. The van der Waals surface area contributed by atoms with E-state index in [1.165, 1.54) is 24.5 Å². The van der Waals surface area contributed by atoms with Crippen molar-refractivity contribution in [3.63, 3.8) is 0 Å². The minimum absolute atomic E-state index is 0.0334. The van der Waals surface area contributed by atoms with Gasteiger partial charge in [0.1, 0.15) is 35.1 Å². The van der Waals surface area contributed by atoms with E-state index in [9.17, 15) is 28.8 Å². The number of hydrogen-bond donors (Lipinski definition) is 3. The highest BCUT2D eigenvalue weighted by atomic mass is 16.5. The number of amides is 6. The summed E-state index contributed by atoms with van der Waals surface area (Å²) in [5, 5.41) is 8.65. The number of imide groups is 2. The average molecular weight is 841 g/mol. The van der Waals surface area contributed by atoms with Crippen LogP contribution in [0.3, 0.4) is 0 Å². The highest BCUT2D eigenvalue weighted by Crippen LogP contribution is 2.35. The number of hydrogen-bond acceptors (Lipinski definition) is 13. The van der Waals surface area contributed by atoms with Gasteiger partial charge in [0, 0.05) is 43.8 Å². The first-order chi connectivity index (χ1) is 30.1. The van der Waals surface area contributed by atoms with Gasteiger partial charge >= 0.3 is 0 Å². The third-order valence-electron chi connectivity index (χ3n) is 11.9. The lowest BCUT2D eigenvalue weighted by molar-refractivity contribution is -0.136. The number of pyridine rings is 1. The summed E-state index contributed by atoms with van der Waals surface area (Å²) in [4.78, 5) is 96.2. The van der Waals surface area contributed by atoms with Gasteiger partial charge in [0.05, 0.1) is 24.1 Å². The number of piperidine rings is 2. The van der Waals surface area contributed by atoms with E-state index in [2.05, 4.69) is 35.9 Å². The highest BCUT2D eigenvalue weighted by Gasteiger charge is 2.45. The second-order valence-corrected chi connectivity index (χ2v) is 16.1. The lowest BCUT2D eigenvalue weighted by Crippen LogP contribution is -2.54. The molecule has 3 aromatic heterocycles. The fraction of sp³-hybridized carbons (Fsp3) is 0.364. The van der Waals surface area contributed by atoms with Gasteiger partial charge in [-0.3, -0.25) is 39.0 Å². The molecule has 18 nitrogen and oxygen atoms in total. The summed E-state index contributed by atoms with van der Waals surface area (Å²) in [5.41, 5.74) is 3.90. The van der Waals surface area contributed by atoms with Crippen molar-refractivity contribution in [3.8, 4) is 11.5 Å². The molecule has 318 valence electrons. The molecule has 6 heterocycles. The summed E-state index contributed by atoms with van der Waals surface area (Å²) >= 11 is 0. The minimum atomic E-state index is -1.06. The number of likely N-dealkylation sites (tertiary alicyclic amines) is 1. The Bertz CT molecular complexity index is 2580. The molecule has 62 heavy (non-hydrogen) atoms. The quantitative estimate of drug-likeness (QED) is 0.145. The summed E-state index contributed by atoms with van der Waals surface area (Å²) in [6.07, 6.45) is 6.49. The van der Waals surface area contributed by atoms with Crippen molar-refractivity contribution in [2.24, 2.45) is 5.92 Å². The zero-order chi connectivity index (χ0) is 42.9. The van der Waals surface area contributed by atoms with Crippen molar-refractivity contribution in [2.75, 3.05) is 31.6 Å². The number of imidazole rings is 1. The zero-order valence-corrected chi connectivity index (χ0v) is 33.9. The first kappa shape index (κ1) is 40.2. The van der Waals surface area contributed by atoms with E-state index in [1.807, 2.05) is 47.9 Å². The highest BCUT2D eigenvalue weighted by molar-refractivity contribution is 6.23. The Balaban J connectivity index is 0.695. The number of nitrogens with one attached hydrogen (secondary N) is 3. The summed E-state index contributed by atoms with van der Waals surface area (Å²) < 4.78 is 13.9. The molecule has 1 saturated carbocycles. The molecule has 6 amide bonds. The van der Waals surface area contributed by atoms with E-state index in [-0.39, 0.29) is 66.1 Å². The molecule has 2 aromatic carbocycles. The van der Waals surface area contributed by atoms with E-state index in [0.717, 1.165) is 53.2 Å². The molecule has 1 aliphatic carbocycles. The van der Waals surface area contributed by atoms with Crippen molar-refractivity contribution < 1.29 is 38.2 Å². The Morgan fingerprint density at radius 3 is 2.42 bits per heavy atom. The van der Waals surface area contributed by atoms with Crippen LogP contribution in [0.2, 0.25) is 0 Å². The molecular weight excluding hydrogens is 797 g/mol. The SMILES string of the molecule is Cc1cccc(C(=O)NC2CC(n3cnc4c(NCc5ccc(OCC6CCN(C(=O)COc7ccc8c(c7)C(=O)N([C@H]7CCC(=O)NC7=O)C8=O)CC6)cc5)ncnc43)C2)n1. The number of aromatic nitrogens is 5. The number of fused-ring (bicyclic) bond motifs is 2. The molecular formula is C44H44N10O8. The average Bonchev–Trinajstić information content (AvgIpc) is 3.80. The smallest absolute Gasteiger partial charge is 0.270 e. The third-order valence-corrected chi connectivity index (χ3v) is 11.9. The Morgan fingerprint density at radius 1 is 0.871 bits per heavy atom. The van der Waals surface area contributed by atoms with Crippen LogP contribution in [0.25, 0.3) is 11.2 Å². The Morgan fingerprint density at radius 2 is 1.65 bits per heavy atom. The maximum absolute atomic E-state index is 13.1. The van der Waals surface area contributed by atoms with Gasteiger partial charge in [-0.25, -0.2) is 19.9 Å². The van der Waals surface area contributed by atoms with E-state index < -0.39 is 29.7 Å². The van der Waals surface area contributed by atoms with Crippen LogP contribution in [0.1, 0.15) is 87.0 Å². The molecule has 9 rings (SSSR count). The standard InChI is InChI=1S/C44H44N10O8/c1-25-3-2-4-34(49-25)41(57)50-28-17-29(18-28)53-24-48-38-39(46-23-47-40(38)53)45-20-26-5-7-30(8-6-26)61-21-27-13-15-52(16-14-27)37(56)22-62-31-9-10-32-33(19-31)44(60)54(43(32)59)35-11-12-36(55)51-42(35)58/h2-10,19,23-24,27-29,35H,11-18,20-22H2,1H3,(H,50,57)(H,45,46,47)(H,51,55,58)/t28?,29?,35-/m0/s1. The van der Waals surface area contributed by atoms with Crippen molar-refractivity contribution in [2.45, 2.75) is 70.1 Å². The number of nitrogens with zero attached hydrogens (tertiary/aromatic N) is 7. The first-order valence-electron chi connectivity index (χ1n) is 20.7. The van der Waals surface area contributed by atoms with Crippen LogP contribution in [0.15, 0.2) is 73.3 Å². The second-order valence-electron chi connectivity index (χ2n) is 16.1. The lowest BCUT2D eigenvalue weighted by Gasteiger charge is -2.36. The second kappa shape index (κ2) is 17.0. The normalized spacial score (nSPS) is 20.1. The lowest BCUT2D eigenvalue weighted by atomic mass is 9.86. The Hall–Kier alpha value is -7.24. The molecule has 1 atom stereocenters. The molecule has 5 aromatic rings. The fourth-order valence-corrected chi connectivity index (χ4v) is 8.34. The zero-order valence-electron chi connectivity index (χ0n) is 33.9. The van der Waals surface area contributed by atoms with Crippen molar-refractivity contribution in [1.82, 2.24) is 44.9 Å². The van der Waals surface area contributed by atoms with Crippen molar-refractivity contribution >= 4 is 52.4 Å². The van der Waals surface area contributed by atoms with Crippen LogP contribution in [-0.4, -0.2) is 108 Å². The largest absolute Gasteiger partial charge is 0.493 e. The van der Waals surface area contributed by atoms with E-state index in [0.29, 0.717) is 43.3 Å². The van der Waals surface area contributed by atoms with Crippen molar-refractivity contribution in [3.05, 3.63) is 101 Å². The number of anilines is 1. The molecule has 18 heteroatoms. The number of benzene rings is 2. The Kier molecular flexibility index (Phi) is 11.0. The maximum Gasteiger partial charge on any atom is 0.270 e. The van der Waals surface area contributed by atoms with Crippen molar-refractivity contribution in [1.29, 1.82) is 0 Å². The van der Waals surface area contributed by atoms with Gasteiger partial charge in [-0.1, -0.05) is 18.2 Å². The van der Waals surface area contributed by atoms with Gasteiger partial charge in [0.2, 0.25) is 11.8 Å². The molecule has 0 radical (unpaired) electrons. The van der Waals surface area contributed by atoms with Crippen LogP contribution < -0.4 is 25.4 Å². The number of rotatable bonds is 13. The maximum atomic E-state index is 13.1. The van der Waals surface area contributed by atoms with Crippen LogP contribution in [0.5, 0.6) is 11.5 Å². The molecule has 2 saturated heterocycles. The molecule has 3 aliphatic heterocycles. The van der Waals surface area contributed by atoms with Gasteiger partial charge in [-0.15, -0.1) is 0 Å². The summed E-state index contributed by atoms with van der Waals surface area (Å²) in [7, 11) is 0. The van der Waals surface area contributed by atoms with E-state index in [4.69, 9.17) is 9.47 Å². The number of carbonyl (C=O) groups excluding carboxylic acids is 6. The van der Waals surface area contributed by atoms with Gasteiger partial charge in [-0.2, -0.15) is 0 Å². The number of carbonyl (C=O) groups is 6. The van der Waals surface area contributed by atoms with Gasteiger partial charge in [0.15, 0.2) is 18.1 Å². The predicted molar refractivity (Wildman–Crippen MR) is 221 cm³/mol. The minimum Gasteiger partial charge on any atom is -0.493 e. The summed E-state index contributed by atoms with van der Waals surface area (Å²) in [5.74, 6) is -0.804. The monoisotopic (exact) mass is 840 g/mol. The molecule has 0 unspecified atom stereocenters. The van der Waals surface area contributed by atoms with Crippen LogP contribution in [-0.2, 0) is 20.9 Å². The fourth-order valence-electron chi connectivity index (χ4n) is 8.34. The van der Waals surface area contributed by atoms with Gasteiger partial charge in [-0.05, 0) is 93.0 Å². The van der Waals surface area contributed by atoms with E-state index >= 15 is 0 Å². The molecule has 4 aliphatic rings. The molecule has 3 fully saturated rings. The first-order valence-corrected chi connectivity index (χ1v) is 20.7. The van der Waals surface area contributed by atoms with Crippen LogP contribution in [0, 0.1) is 12.8 Å². The van der Waals surface area contributed by atoms with Gasteiger partial charge < -0.3 is 29.6 Å². The topological polar surface area (TPSA) is 220 Å². The molecule has 0 spiro atoms. The van der Waals surface area contributed by atoms with Gasteiger partial charge in [0.25, 0.3) is 23.6 Å². The summed E-state index contributed by atoms with van der Waals surface area (Å²) in [6, 6.07) is 16.8. The van der Waals surface area contributed by atoms with Crippen LogP contribution in [0.4, 0.5) is 5.82 Å². The van der Waals surface area contributed by atoms with E-state index in [1.54, 1.807) is 17.3 Å². The predicted octanol–water partition coefficient (Wildman–Crippen LogP) is 3.37. The number of ether oxygens (including phenoxy) is 2. The number of aryl methyl sites for hydroxylation is 1. The van der Waals surface area contributed by atoms with Crippen LogP contribution >= 0.6 is 0 Å². The molecule has 0 bridgehead atoms. The Labute approximate surface area is 355 Å². The third kappa shape index (κ3) is 8.27.